The standard InChI is InChI=1S/C10H19F3O/c1-7(2)5-6-9(10(11,12)13)14-8(3)4/h7-9H,5-6H2,1-4H3/t9-/m1/s1. The van der Waals surface area contributed by atoms with E-state index in [2.05, 4.69) is 0 Å². The molecule has 86 valence electrons. The summed E-state index contributed by atoms with van der Waals surface area (Å²) in [5.74, 6) is 0.274. The fourth-order valence-corrected chi connectivity index (χ4v) is 1.12. The second-order valence-corrected chi connectivity index (χ2v) is 4.19. The van der Waals surface area contributed by atoms with Crippen molar-refractivity contribution in [1.29, 1.82) is 0 Å². The van der Waals surface area contributed by atoms with Crippen LogP contribution in [-0.4, -0.2) is 18.4 Å². The molecule has 0 spiro atoms. The summed E-state index contributed by atoms with van der Waals surface area (Å²) in [6.45, 7) is 7.05. The van der Waals surface area contributed by atoms with Crippen molar-refractivity contribution in [1.82, 2.24) is 0 Å². The van der Waals surface area contributed by atoms with Crippen molar-refractivity contribution in [2.24, 2.45) is 5.92 Å². The summed E-state index contributed by atoms with van der Waals surface area (Å²) in [5.41, 5.74) is 0. The van der Waals surface area contributed by atoms with Gasteiger partial charge < -0.3 is 4.74 Å². The van der Waals surface area contributed by atoms with E-state index in [1.807, 2.05) is 13.8 Å². The van der Waals surface area contributed by atoms with Crippen LogP contribution >= 0.6 is 0 Å². The van der Waals surface area contributed by atoms with E-state index >= 15 is 0 Å². The van der Waals surface area contributed by atoms with Crippen LogP contribution in [-0.2, 0) is 4.74 Å². The Morgan fingerprint density at radius 2 is 1.50 bits per heavy atom. The minimum absolute atomic E-state index is 0.0549. The van der Waals surface area contributed by atoms with Crippen LogP contribution in [0, 0.1) is 5.92 Å². The van der Waals surface area contributed by atoms with Crippen LogP contribution in [0.4, 0.5) is 13.2 Å². The zero-order chi connectivity index (χ0) is 11.4. The predicted molar refractivity (Wildman–Crippen MR) is 50.1 cm³/mol. The van der Waals surface area contributed by atoms with E-state index in [1.165, 1.54) is 0 Å². The van der Waals surface area contributed by atoms with E-state index in [-0.39, 0.29) is 18.4 Å². The maximum atomic E-state index is 12.4. The lowest BCUT2D eigenvalue weighted by atomic mass is 10.0. The number of hydrogen-bond acceptors (Lipinski definition) is 1. The Bertz CT molecular complexity index is 152. The number of rotatable bonds is 5. The molecule has 0 aliphatic rings. The zero-order valence-electron chi connectivity index (χ0n) is 9.19. The summed E-state index contributed by atoms with van der Waals surface area (Å²) in [6.07, 6.45) is -5.63. The molecule has 4 heteroatoms. The first kappa shape index (κ1) is 13.8. The average molecular weight is 212 g/mol. The van der Waals surface area contributed by atoms with Crippen molar-refractivity contribution in [2.45, 2.75) is 58.9 Å². The number of hydrogen-bond donors (Lipinski definition) is 0. The smallest absolute Gasteiger partial charge is 0.366 e. The highest BCUT2D eigenvalue weighted by atomic mass is 19.4. The molecule has 0 fully saturated rings. The molecule has 0 aromatic carbocycles. The Morgan fingerprint density at radius 3 is 1.79 bits per heavy atom. The third-order valence-corrected chi connectivity index (χ3v) is 1.81. The van der Waals surface area contributed by atoms with Crippen molar-refractivity contribution < 1.29 is 17.9 Å². The largest absolute Gasteiger partial charge is 0.414 e. The number of alkyl halides is 3. The van der Waals surface area contributed by atoms with Gasteiger partial charge in [0.15, 0.2) is 6.10 Å². The van der Waals surface area contributed by atoms with Gasteiger partial charge in [0.1, 0.15) is 0 Å². The fourth-order valence-electron chi connectivity index (χ4n) is 1.12. The van der Waals surface area contributed by atoms with Crippen LogP contribution in [0.2, 0.25) is 0 Å². The molecule has 0 aliphatic carbocycles. The molecule has 0 aromatic rings. The Hall–Kier alpha value is -0.250. The maximum absolute atomic E-state index is 12.4. The van der Waals surface area contributed by atoms with Crippen LogP contribution in [0.1, 0.15) is 40.5 Å². The van der Waals surface area contributed by atoms with Crippen LogP contribution in [0.25, 0.3) is 0 Å². The fraction of sp³-hybridized carbons (Fsp3) is 1.00. The number of ether oxygens (including phenoxy) is 1. The Kier molecular flexibility index (Phi) is 5.49. The van der Waals surface area contributed by atoms with Crippen LogP contribution in [0.15, 0.2) is 0 Å². The third-order valence-electron chi connectivity index (χ3n) is 1.81. The molecule has 0 amide bonds. The highest BCUT2D eigenvalue weighted by Crippen LogP contribution is 2.28. The molecular formula is C10H19F3O. The molecule has 0 rings (SSSR count). The molecule has 0 saturated carbocycles. The average Bonchev–Trinajstić information content (AvgIpc) is 1.94. The van der Waals surface area contributed by atoms with E-state index in [4.69, 9.17) is 4.74 Å². The first-order valence-corrected chi connectivity index (χ1v) is 4.95. The first-order valence-electron chi connectivity index (χ1n) is 4.95. The van der Waals surface area contributed by atoms with Crippen molar-refractivity contribution in [3.63, 3.8) is 0 Å². The van der Waals surface area contributed by atoms with E-state index < -0.39 is 12.3 Å². The van der Waals surface area contributed by atoms with Gasteiger partial charge in [-0.3, -0.25) is 0 Å². The van der Waals surface area contributed by atoms with E-state index in [0.29, 0.717) is 6.42 Å². The molecule has 0 aliphatic heterocycles. The molecule has 0 N–H and O–H groups in total. The van der Waals surface area contributed by atoms with Gasteiger partial charge in [-0.05, 0) is 32.6 Å². The van der Waals surface area contributed by atoms with E-state index in [1.54, 1.807) is 13.8 Å². The second kappa shape index (κ2) is 5.59. The van der Waals surface area contributed by atoms with Gasteiger partial charge in [0.25, 0.3) is 0 Å². The van der Waals surface area contributed by atoms with Gasteiger partial charge in [0.05, 0.1) is 6.10 Å². The van der Waals surface area contributed by atoms with E-state index in [0.717, 1.165) is 0 Å². The van der Waals surface area contributed by atoms with Gasteiger partial charge in [0, 0.05) is 0 Å². The molecule has 0 heterocycles. The molecule has 0 bridgehead atoms. The van der Waals surface area contributed by atoms with Crippen molar-refractivity contribution >= 4 is 0 Å². The summed E-state index contributed by atoms with van der Waals surface area (Å²) in [7, 11) is 0. The number of halogens is 3. The first-order chi connectivity index (χ1) is 6.23. The van der Waals surface area contributed by atoms with E-state index in [9.17, 15) is 13.2 Å². The summed E-state index contributed by atoms with van der Waals surface area (Å²) in [6, 6.07) is 0. The SMILES string of the molecule is CC(C)CC[C@@H](OC(C)C)C(F)(F)F. The van der Waals surface area contributed by atoms with Crippen LogP contribution in [0.5, 0.6) is 0 Å². The molecule has 14 heavy (non-hydrogen) atoms. The highest BCUT2D eigenvalue weighted by molar-refractivity contribution is 4.69. The summed E-state index contributed by atoms with van der Waals surface area (Å²) < 4.78 is 42.1. The minimum atomic E-state index is -4.24. The molecule has 1 nitrogen and oxygen atoms in total. The summed E-state index contributed by atoms with van der Waals surface area (Å²) >= 11 is 0. The Labute approximate surface area is 83.6 Å². The van der Waals surface area contributed by atoms with Crippen LogP contribution < -0.4 is 0 Å². The molecule has 0 saturated heterocycles. The molecular weight excluding hydrogens is 193 g/mol. The topological polar surface area (TPSA) is 9.23 Å². The maximum Gasteiger partial charge on any atom is 0.414 e. The molecule has 1 atom stereocenters. The quantitative estimate of drug-likeness (QED) is 0.674. The summed E-state index contributed by atoms with van der Waals surface area (Å²) in [5, 5.41) is 0. The van der Waals surface area contributed by atoms with Gasteiger partial charge >= 0.3 is 6.18 Å². The van der Waals surface area contributed by atoms with Crippen molar-refractivity contribution in [3.8, 4) is 0 Å². The van der Waals surface area contributed by atoms with Gasteiger partial charge in [-0.25, -0.2) is 0 Å². The predicted octanol–water partition coefficient (Wildman–Crippen LogP) is 3.78. The zero-order valence-corrected chi connectivity index (χ0v) is 9.19. The normalized spacial score (nSPS) is 15.2. The van der Waals surface area contributed by atoms with Crippen molar-refractivity contribution in [3.05, 3.63) is 0 Å². The van der Waals surface area contributed by atoms with Gasteiger partial charge in [-0.2, -0.15) is 13.2 Å². The van der Waals surface area contributed by atoms with Gasteiger partial charge in [0.2, 0.25) is 0 Å². The molecule has 0 radical (unpaired) electrons. The van der Waals surface area contributed by atoms with Crippen LogP contribution in [0.3, 0.4) is 0 Å². The minimum Gasteiger partial charge on any atom is -0.366 e. The Morgan fingerprint density at radius 1 is 1.00 bits per heavy atom. The Balaban J connectivity index is 4.12. The van der Waals surface area contributed by atoms with Gasteiger partial charge in [-0.15, -0.1) is 0 Å². The lowest BCUT2D eigenvalue weighted by Crippen LogP contribution is -2.34. The highest BCUT2D eigenvalue weighted by Gasteiger charge is 2.40. The molecule has 0 unspecified atom stereocenters. The second-order valence-electron chi connectivity index (χ2n) is 4.19. The molecule has 0 aromatic heterocycles. The lowest BCUT2D eigenvalue weighted by Gasteiger charge is -2.23. The third kappa shape index (κ3) is 6.24. The summed E-state index contributed by atoms with van der Waals surface area (Å²) in [4.78, 5) is 0. The van der Waals surface area contributed by atoms with Gasteiger partial charge in [-0.1, -0.05) is 13.8 Å². The lowest BCUT2D eigenvalue weighted by molar-refractivity contribution is -0.232. The monoisotopic (exact) mass is 212 g/mol. The van der Waals surface area contributed by atoms with Crippen molar-refractivity contribution in [2.75, 3.05) is 0 Å².